The van der Waals surface area contributed by atoms with E-state index in [1.807, 2.05) is 0 Å². The monoisotopic (exact) mass is 441 g/mol. The van der Waals surface area contributed by atoms with Gasteiger partial charge < -0.3 is 15.4 Å². The quantitative estimate of drug-likeness (QED) is 0.464. The number of benzene rings is 1. The largest absolute Gasteiger partial charge is 0.435 e. The lowest BCUT2D eigenvalue weighted by atomic mass is 10.0. The fourth-order valence-corrected chi connectivity index (χ4v) is 2.88. The van der Waals surface area contributed by atoms with Gasteiger partial charge in [0.05, 0.1) is 17.9 Å². The van der Waals surface area contributed by atoms with Gasteiger partial charge in [-0.25, -0.2) is 9.97 Å². The van der Waals surface area contributed by atoms with Crippen molar-refractivity contribution >= 4 is 17.4 Å². The van der Waals surface area contributed by atoms with Crippen LogP contribution in [-0.4, -0.2) is 39.8 Å². The average molecular weight is 441 g/mol. The highest BCUT2D eigenvalue weighted by Gasteiger charge is 2.16. The van der Waals surface area contributed by atoms with Gasteiger partial charge in [0.1, 0.15) is 17.8 Å². The first-order valence-electron chi connectivity index (χ1n) is 9.80. The molecular formula is C22H21F2N5O3. The lowest BCUT2D eigenvalue weighted by Gasteiger charge is -2.13. The first-order chi connectivity index (χ1) is 15.5. The minimum absolute atomic E-state index is 0.00859. The fourth-order valence-electron chi connectivity index (χ4n) is 2.88. The second-order valence-corrected chi connectivity index (χ2v) is 6.66. The molecule has 0 saturated carbocycles. The average Bonchev–Trinajstić information content (AvgIpc) is 2.79. The van der Waals surface area contributed by atoms with Crippen LogP contribution in [0.4, 0.5) is 14.5 Å². The summed E-state index contributed by atoms with van der Waals surface area (Å²) in [6.07, 6.45) is 4.68. The zero-order valence-electron chi connectivity index (χ0n) is 17.2. The van der Waals surface area contributed by atoms with Crippen molar-refractivity contribution in [3.63, 3.8) is 0 Å². The SMILES string of the molecule is CCC(=O)c1ncc(-c2cccc(OC(F)F)c2)cc1NC(=O)CNCc1ccncn1. The third-order valence-electron chi connectivity index (χ3n) is 4.37. The maximum Gasteiger partial charge on any atom is 0.387 e. The lowest BCUT2D eigenvalue weighted by Crippen LogP contribution is -2.28. The number of ketones is 1. The van der Waals surface area contributed by atoms with Gasteiger partial charge in [0.2, 0.25) is 5.91 Å². The van der Waals surface area contributed by atoms with Crippen LogP contribution in [0.2, 0.25) is 0 Å². The number of pyridine rings is 1. The van der Waals surface area contributed by atoms with Gasteiger partial charge in [-0.05, 0) is 29.8 Å². The number of amides is 1. The Kier molecular flexibility index (Phi) is 7.87. The number of Topliss-reactive ketones (excluding diaryl/α,β-unsaturated/α-hetero) is 1. The number of nitrogens with zero attached hydrogens (tertiary/aromatic N) is 3. The first kappa shape index (κ1) is 22.9. The smallest absolute Gasteiger partial charge is 0.387 e. The molecule has 166 valence electrons. The molecule has 1 aromatic carbocycles. The summed E-state index contributed by atoms with van der Waals surface area (Å²) in [4.78, 5) is 36.8. The fraction of sp³-hybridized carbons (Fsp3) is 0.227. The van der Waals surface area contributed by atoms with E-state index < -0.39 is 6.61 Å². The van der Waals surface area contributed by atoms with Crippen LogP contribution >= 0.6 is 0 Å². The molecule has 1 amide bonds. The van der Waals surface area contributed by atoms with Crippen LogP contribution in [0.25, 0.3) is 11.1 Å². The van der Waals surface area contributed by atoms with Gasteiger partial charge in [0, 0.05) is 30.9 Å². The van der Waals surface area contributed by atoms with Crippen molar-refractivity contribution in [2.24, 2.45) is 0 Å². The predicted molar refractivity (Wildman–Crippen MR) is 113 cm³/mol. The number of carbonyl (C=O) groups is 2. The minimum Gasteiger partial charge on any atom is -0.435 e. The highest BCUT2D eigenvalue weighted by Crippen LogP contribution is 2.28. The molecule has 0 bridgehead atoms. The van der Waals surface area contributed by atoms with Crippen molar-refractivity contribution in [1.29, 1.82) is 0 Å². The van der Waals surface area contributed by atoms with Gasteiger partial charge in [-0.15, -0.1) is 0 Å². The van der Waals surface area contributed by atoms with Crippen LogP contribution in [0.5, 0.6) is 5.75 Å². The summed E-state index contributed by atoms with van der Waals surface area (Å²) in [7, 11) is 0. The zero-order valence-corrected chi connectivity index (χ0v) is 17.2. The molecule has 0 radical (unpaired) electrons. The van der Waals surface area contributed by atoms with Gasteiger partial charge in [0.25, 0.3) is 0 Å². The van der Waals surface area contributed by atoms with Crippen LogP contribution in [0.3, 0.4) is 0 Å². The molecule has 2 heterocycles. The molecule has 0 fully saturated rings. The molecular weight excluding hydrogens is 420 g/mol. The van der Waals surface area contributed by atoms with E-state index in [0.717, 1.165) is 5.69 Å². The molecule has 0 atom stereocenters. The van der Waals surface area contributed by atoms with Gasteiger partial charge in [-0.2, -0.15) is 8.78 Å². The summed E-state index contributed by atoms with van der Waals surface area (Å²) >= 11 is 0. The molecule has 3 rings (SSSR count). The van der Waals surface area contributed by atoms with E-state index in [9.17, 15) is 18.4 Å². The number of alkyl halides is 2. The van der Waals surface area contributed by atoms with Crippen LogP contribution < -0.4 is 15.4 Å². The second-order valence-electron chi connectivity index (χ2n) is 6.66. The van der Waals surface area contributed by atoms with Gasteiger partial charge in [0.15, 0.2) is 5.78 Å². The number of hydrogen-bond donors (Lipinski definition) is 2. The van der Waals surface area contributed by atoms with Crippen LogP contribution in [-0.2, 0) is 11.3 Å². The second kappa shape index (κ2) is 11.0. The first-order valence-corrected chi connectivity index (χ1v) is 9.80. The van der Waals surface area contributed by atoms with Crippen LogP contribution in [0, 0.1) is 0 Å². The standard InChI is InChI=1S/C22H21F2N5O3/c1-2-19(30)21-18(29-20(31)12-26-11-16-6-7-25-13-28-16)9-15(10-27-21)14-4-3-5-17(8-14)32-22(23)24/h3-10,13,22,26H,2,11-12H2,1H3,(H,29,31). The lowest BCUT2D eigenvalue weighted by molar-refractivity contribution is -0.115. The van der Waals surface area contributed by atoms with Gasteiger partial charge >= 0.3 is 6.61 Å². The van der Waals surface area contributed by atoms with E-state index in [0.29, 0.717) is 17.7 Å². The Hall–Kier alpha value is -3.79. The molecule has 0 aliphatic carbocycles. The number of anilines is 1. The number of ether oxygens (including phenoxy) is 1. The Balaban J connectivity index is 1.77. The number of halogens is 2. The topological polar surface area (TPSA) is 106 Å². The summed E-state index contributed by atoms with van der Waals surface area (Å²) in [6, 6.07) is 9.39. The van der Waals surface area contributed by atoms with Crippen molar-refractivity contribution < 1.29 is 23.1 Å². The maximum atomic E-state index is 12.5. The zero-order chi connectivity index (χ0) is 22.9. The number of aromatic nitrogens is 3. The van der Waals surface area contributed by atoms with Gasteiger partial charge in [-0.1, -0.05) is 19.1 Å². The Morgan fingerprint density at radius 1 is 1.12 bits per heavy atom. The number of hydrogen-bond acceptors (Lipinski definition) is 7. The molecule has 32 heavy (non-hydrogen) atoms. The van der Waals surface area contributed by atoms with E-state index in [1.54, 1.807) is 37.4 Å². The van der Waals surface area contributed by atoms with Crippen LogP contribution in [0.1, 0.15) is 29.5 Å². The molecule has 8 nitrogen and oxygen atoms in total. The molecule has 0 aliphatic heterocycles. The van der Waals surface area contributed by atoms with Crippen molar-refractivity contribution in [3.05, 3.63) is 66.5 Å². The van der Waals surface area contributed by atoms with Crippen molar-refractivity contribution in [2.75, 3.05) is 11.9 Å². The minimum atomic E-state index is -2.95. The Labute approximate surface area is 183 Å². The molecule has 0 saturated heterocycles. The summed E-state index contributed by atoms with van der Waals surface area (Å²) < 4.78 is 29.5. The van der Waals surface area contributed by atoms with Crippen LogP contribution in [0.15, 0.2) is 55.1 Å². The maximum absolute atomic E-state index is 12.5. The van der Waals surface area contributed by atoms with Crippen molar-refractivity contribution in [2.45, 2.75) is 26.5 Å². The Bertz CT molecular complexity index is 1080. The number of rotatable bonds is 10. The highest BCUT2D eigenvalue weighted by molar-refractivity contribution is 6.04. The third-order valence-corrected chi connectivity index (χ3v) is 4.37. The predicted octanol–water partition coefficient (Wildman–Crippen LogP) is 3.46. The molecule has 10 heteroatoms. The number of nitrogens with one attached hydrogen (secondary N) is 2. The normalized spacial score (nSPS) is 10.8. The summed E-state index contributed by atoms with van der Waals surface area (Å²) in [6.45, 7) is -0.909. The van der Waals surface area contributed by atoms with Gasteiger partial charge in [-0.3, -0.25) is 14.6 Å². The Morgan fingerprint density at radius 2 is 1.97 bits per heavy atom. The summed E-state index contributed by atoms with van der Waals surface area (Å²) in [5, 5.41) is 5.66. The molecule has 2 aromatic heterocycles. The molecule has 0 spiro atoms. The van der Waals surface area contributed by atoms with E-state index in [-0.39, 0.29) is 41.8 Å². The molecule has 3 aromatic rings. The third kappa shape index (κ3) is 6.35. The summed E-state index contributed by atoms with van der Waals surface area (Å²) in [5.41, 5.74) is 2.16. The van der Waals surface area contributed by atoms with E-state index in [2.05, 4.69) is 30.3 Å². The number of carbonyl (C=O) groups excluding carboxylic acids is 2. The van der Waals surface area contributed by atoms with E-state index in [4.69, 9.17) is 0 Å². The molecule has 2 N–H and O–H groups in total. The van der Waals surface area contributed by atoms with E-state index >= 15 is 0 Å². The van der Waals surface area contributed by atoms with Crippen molar-refractivity contribution in [3.8, 4) is 16.9 Å². The van der Waals surface area contributed by atoms with Crippen molar-refractivity contribution in [1.82, 2.24) is 20.3 Å². The Morgan fingerprint density at radius 3 is 2.69 bits per heavy atom. The van der Waals surface area contributed by atoms with E-state index in [1.165, 1.54) is 24.7 Å². The summed E-state index contributed by atoms with van der Waals surface area (Å²) in [5.74, 6) is -0.626. The molecule has 0 aliphatic rings. The highest BCUT2D eigenvalue weighted by atomic mass is 19.3. The molecule has 0 unspecified atom stereocenters.